The number of Topliss-reactive ketones (excluding diaryl/α,β-unsaturated/α-hetero) is 2. The molecule has 9 nitrogen and oxygen atoms in total. The predicted octanol–water partition coefficient (Wildman–Crippen LogP) is 2.82. The Morgan fingerprint density at radius 3 is 2.11 bits per heavy atom. The average Bonchev–Trinajstić information content (AvgIpc) is 3.30. The van der Waals surface area contributed by atoms with E-state index < -0.39 is 23.4 Å². The first-order valence-corrected chi connectivity index (χ1v) is 14.4. The molecule has 2 aliphatic rings. The van der Waals surface area contributed by atoms with Gasteiger partial charge in [0.2, 0.25) is 11.6 Å². The lowest BCUT2D eigenvalue weighted by molar-refractivity contribution is -0.504. The van der Waals surface area contributed by atoms with Gasteiger partial charge in [-0.05, 0) is 25.7 Å². The monoisotopic (exact) mass is 615 g/mol. The van der Waals surface area contributed by atoms with Crippen LogP contribution in [0.15, 0.2) is 0 Å². The summed E-state index contributed by atoms with van der Waals surface area (Å²) in [6, 6.07) is 0. The van der Waals surface area contributed by atoms with Crippen LogP contribution in [-0.2, 0) is 43.5 Å². The van der Waals surface area contributed by atoms with Gasteiger partial charge >= 0.3 is 7.40 Å². The van der Waals surface area contributed by atoms with Crippen LogP contribution in [0.25, 0.3) is 0 Å². The maximum atomic E-state index is 11.3. The Morgan fingerprint density at radius 2 is 1.70 bits per heavy atom. The van der Waals surface area contributed by atoms with Gasteiger partial charge in [0.1, 0.15) is 11.7 Å². The highest BCUT2D eigenvalue weighted by atomic mass is 128. The smallest absolute Gasteiger partial charge is 0.468 e. The lowest BCUT2D eigenvalue weighted by atomic mass is 9.98. The average molecular weight is 615 g/mol. The van der Waals surface area contributed by atoms with Crippen molar-refractivity contribution in [1.29, 1.82) is 0 Å². The van der Waals surface area contributed by atoms with Gasteiger partial charge in [0.05, 0.1) is 27.2 Å². The molecule has 0 bridgehead atoms. The summed E-state index contributed by atoms with van der Waals surface area (Å²) in [6.45, 7) is 0. The van der Waals surface area contributed by atoms with Crippen LogP contribution in [0, 0.1) is 11.8 Å². The summed E-state index contributed by atoms with van der Waals surface area (Å²) < 4.78 is 4.44. The molecule has 27 heavy (non-hydrogen) atoms. The van der Waals surface area contributed by atoms with Gasteiger partial charge in [-0.3, -0.25) is 19.2 Å². The van der Waals surface area contributed by atoms with Gasteiger partial charge in [-0.25, -0.2) is 9.78 Å². The van der Waals surface area contributed by atoms with E-state index in [1.165, 1.54) is 21.3 Å². The molecule has 0 saturated heterocycles. The minimum atomic E-state index is -1.29. The maximum absolute atomic E-state index is 11.3. The number of rotatable bonds is 7. The van der Waals surface area contributed by atoms with Crippen molar-refractivity contribution in [2.75, 3.05) is 21.3 Å². The Morgan fingerprint density at radius 1 is 1.11 bits per heavy atom. The van der Waals surface area contributed by atoms with Crippen molar-refractivity contribution in [2.24, 2.45) is 11.8 Å². The highest BCUT2D eigenvalue weighted by molar-refractivity contribution is 15.0. The van der Waals surface area contributed by atoms with Gasteiger partial charge in [-0.1, -0.05) is 0 Å². The summed E-state index contributed by atoms with van der Waals surface area (Å²) in [6.07, 6.45) is 3.98. The predicted molar refractivity (Wildman–Crippen MR) is 111 cm³/mol. The summed E-state index contributed by atoms with van der Waals surface area (Å²) in [7, 11) is 3.93. The van der Waals surface area contributed by atoms with Crippen LogP contribution in [0.2, 0.25) is 0 Å². The molecular formula is C16H25I2O9+. The standard InChI is InChI=1S/C9H14O6.C7H10O3.I2/c1-12-14-9(15-13-2)5-3-4-7(9)8(11)6-10;1-10-7(9)5-3-2-4-6(5)8;1-2/h6-7H,3-5H2,1-2H3;5H,2-4H2,1H3;/p+1. The molecule has 0 amide bonds. The molecule has 2 unspecified atom stereocenters. The molecule has 0 radical (unpaired) electrons. The summed E-state index contributed by atoms with van der Waals surface area (Å²) >= 11 is 4.24. The molecule has 11 heteroatoms. The Kier molecular flexibility index (Phi) is 14.6. The van der Waals surface area contributed by atoms with Gasteiger partial charge in [0.15, 0.2) is 6.29 Å². The number of halogens is 2. The first-order chi connectivity index (χ1) is 13.0. The van der Waals surface area contributed by atoms with Crippen molar-refractivity contribution >= 4 is 61.1 Å². The normalized spacial score (nSPS) is 22.8. The summed E-state index contributed by atoms with van der Waals surface area (Å²) in [4.78, 5) is 62.4. The first-order valence-electron chi connectivity index (χ1n) is 8.13. The van der Waals surface area contributed by atoms with Gasteiger partial charge in [0.25, 0.3) is 0 Å². The van der Waals surface area contributed by atoms with Crippen molar-refractivity contribution in [3.8, 4) is 0 Å². The Hall–Kier alpha value is -0.220. The van der Waals surface area contributed by atoms with Gasteiger partial charge in [-0.2, -0.15) is 9.78 Å². The van der Waals surface area contributed by atoms with E-state index in [0.717, 1.165) is 6.42 Å². The minimum absolute atomic E-state index is 0. The van der Waals surface area contributed by atoms with Crippen LogP contribution in [0.1, 0.15) is 40.0 Å². The van der Waals surface area contributed by atoms with E-state index >= 15 is 0 Å². The van der Waals surface area contributed by atoms with Crippen molar-refractivity contribution in [1.82, 2.24) is 0 Å². The van der Waals surface area contributed by atoms with Crippen LogP contribution >= 0.6 is 37.2 Å². The molecular weight excluding hydrogens is 590 g/mol. The van der Waals surface area contributed by atoms with Gasteiger partial charge < -0.3 is 4.74 Å². The molecule has 2 aliphatic carbocycles. The largest absolute Gasteiger partial charge is 1.00 e. The third kappa shape index (κ3) is 7.97. The Balaban J connectivity index is 0. The number of ketones is 2. The first kappa shape index (κ1) is 26.8. The lowest BCUT2D eigenvalue weighted by Gasteiger charge is -2.29. The third-order valence-electron chi connectivity index (χ3n) is 4.25. The van der Waals surface area contributed by atoms with Crippen LogP contribution < -0.4 is 0 Å². The van der Waals surface area contributed by atoms with Gasteiger partial charge in [-0.15, -0.1) is 0 Å². The second-order valence-corrected chi connectivity index (χ2v) is 5.71. The maximum Gasteiger partial charge on any atom is 1.00 e. The second-order valence-electron chi connectivity index (χ2n) is 5.71. The molecule has 2 saturated carbocycles. The number of carbonyl (C=O) groups excluding carboxylic acids is 4. The van der Waals surface area contributed by atoms with E-state index in [-0.39, 0.29) is 19.5 Å². The SMILES string of the molecule is COC(=O)C1CCCC1=O.COOC1(OOC)CCCC1C(=O)C=O.II.[H+]. The molecule has 2 fully saturated rings. The van der Waals surface area contributed by atoms with Crippen LogP contribution in [0.3, 0.4) is 0 Å². The van der Waals surface area contributed by atoms with E-state index in [9.17, 15) is 19.2 Å². The van der Waals surface area contributed by atoms with Crippen molar-refractivity contribution in [3.63, 3.8) is 0 Å². The molecule has 156 valence electrons. The molecule has 0 aromatic rings. The van der Waals surface area contributed by atoms with E-state index in [1.807, 2.05) is 0 Å². The lowest BCUT2D eigenvalue weighted by Crippen LogP contribution is -2.43. The fourth-order valence-electron chi connectivity index (χ4n) is 3.09. The number of esters is 1. The van der Waals surface area contributed by atoms with E-state index in [4.69, 9.17) is 9.78 Å². The highest BCUT2D eigenvalue weighted by Gasteiger charge is 2.51. The third-order valence-corrected chi connectivity index (χ3v) is 4.25. The zero-order chi connectivity index (χ0) is 20.9. The Bertz CT molecular complexity index is 499. The van der Waals surface area contributed by atoms with E-state index in [1.54, 1.807) is 0 Å². The zero-order valence-corrected chi connectivity index (χ0v) is 19.7. The molecule has 0 spiro atoms. The summed E-state index contributed by atoms with van der Waals surface area (Å²) in [5.74, 6) is -3.32. The fourth-order valence-corrected chi connectivity index (χ4v) is 3.09. The highest BCUT2D eigenvalue weighted by Crippen LogP contribution is 2.40. The zero-order valence-electron chi connectivity index (χ0n) is 16.4. The van der Waals surface area contributed by atoms with Gasteiger partial charge in [0, 0.05) is 50.1 Å². The van der Waals surface area contributed by atoms with Crippen LogP contribution in [0.4, 0.5) is 0 Å². The molecule has 0 N–H and O–H groups in total. The number of methoxy groups -OCH3 is 1. The number of carbonyl (C=O) groups is 4. The topological polar surface area (TPSA) is 114 Å². The molecule has 0 aromatic heterocycles. The molecule has 0 aliphatic heterocycles. The molecule has 0 heterocycles. The number of hydrogen-bond acceptors (Lipinski definition) is 9. The molecule has 2 atom stereocenters. The Labute approximate surface area is 182 Å². The van der Waals surface area contributed by atoms with Crippen LogP contribution in [0.5, 0.6) is 0 Å². The number of aldehydes is 1. The van der Waals surface area contributed by atoms with Crippen molar-refractivity contribution in [3.05, 3.63) is 0 Å². The molecule has 2 rings (SSSR count). The van der Waals surface area contributed by atoms with E-state index in [2.05, 4.69) is 51.7 Å². The number of ether oxygens (including phenoxy) is 1. The van der Waals surface area contributed by atoms with Crippen LogP contribution in [-0.4, -0.2) is 50.9 Å². The summed E-state index contributed by atoms with van der Waals surface area (Å²) in [5, 5.41) is 0. The fraction of sp³-hybridized carbons (Fsp3) is 0.750. The van der Waals surface area contributed by atoms with Crippen molar-refractivity contribution in [2.45, 2.75) is 44.3 Å². The van der Waals surface area contributed by atoms with E-state index in [0.29, 0.717) is 32.1 Å². The number of hydrogen-bond donors (Lipinski definition) is 0. The quantitative estimate of drug-likeness (QED) is 0.0624. The summed E-state index contributed by atoms with van der Waals surface area (Å²) in [5.41, 5.74) is 0. The minimum Gasteiger partial charge on any atom is -0.468 e. The van der Waals surface area contributed by atoms with Crippen molar-refractivity contribution < 1.29 is 44.9 Å². The second kappa shape index (κ2) is 14.7. The molecule has 0 aromatic carbocycles.